The molecule has 0 radical (unpaired) electrons. The topological polar surface area (TPSA) is 47.6 Å². The number of hydrogen-bond donors (Lipinski definition) is 1. The van der Waals surface area contributed by atoms with Crippen molar-refractivity contribution in [1.82, 2.24) is 5.32 Å². The third-order valence-corrected chi connectivity index (χ3v) is 5.23. The summed E-state index contributed by atoms with van der Waals surface area (Å²) < 4.78 is 11.3. The summed E-state index contributed by atoms with van der Waals surface area (Å²) >= 11 is 3.45. The van der Waals surface area contributed by atoms with Crippen LogP contribution in [0.25, 0.3) is 0 Å². The molecule has 0 spiro atoms. The zero-order chi connectivity index (χ0) is 19.9. The Balaban J connectivity index is 1.86. The van der Waals surface area contributed by atoms with Crippen molar-refractivity contribution >= 4 is 21.8 Å². The molecule has 0 aliphatic rings. The van der Waals surface area contributed by atoms with Gasteiger partial charge in [-0.2, -0.15) is 0 Å². The van der Waals surface area contributed by atoms with Crippen LogP contribution >= 0.6 is 15.9 Å². The Kier molecular flexibility index (Phi) is 6.71. The monoisotopic (exact) mass is 439 g/mol. The third-order valence-electron chi connectivity index (χ3n) is 4.54. The molecular weight excluding hydrogens is 418 g/mol. The lowest BCUT2D eigenvalue weighted by atomic mass is 9.98. The van der Waals surface area contributed by atoms with E-state index in [2.05, 4.69) is 21.2 Å². The first kappa shape index (κ1) is 20.0. The highest BCUT2D eigenvalue weighted by molar-refractivity contribution is 9.10. The van der Waals surface area contributed by atoms with Gasteiger partial charge in [-0.3, -0.25) is 4.79 Å². The van der Waals surface area contributed by atoms with E-state index in [1.54, 1.807) is 20.3 Å². The smallest absolute Gasteiger partial charge is 0.252 e. The second kappa shape index (κ2) is 9.42. The van der Waals surface area contributed by atoms with Gasteiger partial charge in [-0.1, -0.05) is 36.4 Å². The molecule has 3 aromatic carbocycles. The molecule has 28 heavy (non-hydrogen) atoms. The number of carbonyl (C=O) groups is 1. The molecule has 0 saturated heterocycles. The number of halogens is 1. The van der Waals surface area contributed by atoms with Crippen LogP contribution in [0.5, 0.6) is 11.5 Å². The van der Waals surface area contributed by atoms with Gasteiger partial charge in [0.1, 0.15) is 11.5 Å². The van der Waals surface area contributed by atoms with Crippen LogP contribution in [-0.4, -0.2) is 20.1 Å². The first-order chi connectivity index (χ1) is 13.6. The molecule has 0 saturated carbocycles. The van der Waals surface area contributed by atoms with Gasteiger partial charge in [0.25, 0.3) is 5.91 Å². The van der Waals surface area contributed by atoms with E-state index in [1.165, 1.54) is 0 Å². The molecule has 0 unspecified atom stereocenters. The van der Waals surface area contributed by atoms with Crippen molar-refractivity contribution in [3.05, 3.63) is 94.0 Å². The Hall–Kier alpha value is -2.79. The Morgan fingerprint density at radius 3 is 2.04 bits per heavy atom. The first-order valence-electron chi connectivity index (χ1n) is 8.93. The predicted octanol–water partition coefficient (Wildman–Crippen LogP) is 5.18. The van der Waals surface area contributed by atoms with Gasteiger partial charge < -0.3 is 14.8 Å². The fourth-order valence-corrected chi connectivity index (χ4v) is 3.43. The molecule has 0 fully saturated rings. The Bertz CT molecular complexity index is 923. The SMILES string of the molecule is COc1ccc(C[C@@H](NC(=O)c2ccccc2Br)c2ccc(OC)cc2)cc1. The van der Waals surface area contributed by atoms with Crippen LogP contribution in [0.2, 0.25) is 0 Å². The van der Waals surface area contributed by atoms with Gasteiger partial charge in [-0.25, -0.2) is 0 Å². The quantitative estimate of drug-likeness (QED) is 0.551. The maximum atomic E-state index is 12.9. The zero-order valence-corrected chi connectivity index (χ0v) is 17.4. The molecule has 0 bridgehead atoms. The largest absolute Gasteiger partial charge is 0.497 e. The molecule has 0 aliphatic carbocycles. The van der Waals surface area contributed by atoms with E-state index in [4.69, 9.17) is 9.47 Å². The molecule has 0 aromatic heterocycles. The summed E-state index contributed by atoms with van der Waals surface area (Å²) in [5.41, 5.74) is 2.72. The maximum Gasteiger partial charge on any atom is 0.252 e. The minimum absolute atomic E-state index is 0.123. The molecule has 3 aromatic rings. The van der Waals surface area contributed by atoms with E-state index in [9.17, 15) is 4.79 Å². The lowest BCUT2D eigenvalue weighted by Crippen LogP contribution is -2.30. The number of nitrogens with one attached hydrogen (secondary N) is 1. The van der Waals surface area contributed by atoms with Gasteiger partial charge >= 0.3 is 0 Å². The number of methoxy groups -OCH3 is 2. The number of rotatable bonds is 7. The molecule has 4 nitrogen and oxygen atoms in total. The Morgan fingerprint density at radius 1 is 0.893 bits per heavy atom. The Labute approximate surface area is 173 Å². The highest BCUT2D eigenvalue weighted by Gasteiger charge is 2.18. The number of amides is 1. The summed E-state index contributed by atoms with van der Waals surface area (Å²) in [6, 6.07) is 22.9. The highest BCUT2D eigenvalue weighted by atomic mass is 79.9. The van der Waals surface area contributed by atoms with Crippen LogP contribution in [-0.2, 0) is 6.42 Å². The van der Waals surface area contributed by atoms with Crippen LogP contribution in [0.4, 0.5) is 0 Å². The number of carbonyl (C=O) groups excluding carboxylic acids is 1. The van der Waals surface area contributed by atoms with E-state index in [1.807, 2.05) is 66.7 Å². The van der Waals surface area contributed by atoms with Crippen molar-refractivity contribution in [2.24, 2.45) is 0 Å². The van der Waals surface area contributed by atoms with Gasteiger partial charge in [-0.15, -0.1) is 0 Å². The highest BCUT2D eigenvalue weighted by Crippen LogP contribution is 2.24. The second-order valence-electron chi connectivity index (χ2n) is 6.33. The van der Waals surface area contributed by atoms with Crippen molar-refractivity contribution in [3.8, 4) is 11.5 Å². The van der Waals surface area contributed by atoms with Crippen LogP contribution < -0.4 is 14.8 Å². The minimum atomic E-state index is -0.182. The van der Waals surface area contributed by atoms with Crippen molar-refractivity contribution in [2.75, 3.05) is 14.2 Å². The third kappa shape index (κ3) is 4.93. The summed E-state index contributed by atoms with van der Waals surface area (Å²) in [5.74, 6) is 1.47. The van der Waals surface area contributed by atoms with Gasteiger partial charge in [0.2, 0.25) is 0 Å². The summed E-state index contributed by atoms with van der Waals surface area (Å²) in [4.78, 5) is 12.9. The molecule has 3 rings (SSSR count). The van der Waals surface area contributed by atoms with Gasteiger partial charge in [0.15, 0.2) is 0 Å². The van der Waals surface area contributed by atoms with E-state index >= 15 is 0 Å². The lowest BCUT2D eigenvalue weighted by molar-refractivity contribution is 0.0935. The van der Waals surface area contributed by atoms with Crippen molar-refractivity contribution in [3.63, 3.8) is 0 Å². The number of hydrogen-bond acceptors (Lipinski definition) is 3. The molecule has 0 aliphatic heterocycles. The molecule has 1 amide bonds. The summed E-state index contributed by atoms with van der Waals surface area (Å²) in [6.07, 6.45) is 0.659. The normalized spacial score (nSPS) is 11.5. The molecule has 0 heterocycles. The zero-order valence-electron chi connectivity index (χ0n) is 15.8. The fourth-order valence-electron chi connectivity index (χ4n) is 2.97. The first-order valence-corrected chi connectivity index (χ1v) is 9.72. The van der Waals surface area contributed by atoms with E-state index in [0.29, 0.717) is 12.0 Å². The van der Waals surface area contributed by atoms with E-state index in [-0.39, 0.29) is 11.9 Å². The minimum Gasteiger partial charge on any atom is -0.497 e. The van der Waals surface area contributed by atoms with Crippen LogP contribution in [0.15, 0.2) is 77.3 Å². The lowest BCUT2D eigenvalue weighted by Gasteiger charge is -2.20. The summed E-state index contributed by atoms with van der Waals surface area (Å²) in [7, 11) is 3.28. The van der Waals surface area contributed by atoms with Crippen LogP contribution in [0.1, 0.15) is 27.5 Å². The summed E-state index contributed by atoms with van der Waals surface area (Å²) in [6.45, 7) is 0. The van der Waals surface area contributed by atoms with Crippen molar-refractivity contribution in [2.45, 2.75) is 12.5 Å². The molecular formula is C23H22BrNO3. The van der Waals surface area contributed by atoms with Gasteiger partial charge in [0.05, 0.1) is 25.8 Å². The fraction of sp³-hybridized carbons (Fsp3) is 0.174. The number of ether oxygens (including phenoxy) is 2. The van der Waals surface area contributed by atoms with Gasteiger partial charge in [0, 0.05) is 4.47 Å². The summed E-state index contributed by atoms with van der Waals surface area (Å²) in [5, 5.41) is 3.16. The average molecular weight is 440 g/mol. The second-order valence-corrected chi connectivity index (χ2v) is 7.19. The number of benzene rings is 3. The van der Waals surface area contributed by atoms with Gasteiger partial charge in [-0.05, 0) is 69.9 Å². The van der Waals surface area contributed by atoms with Crippen LogP contribution in [0.3, 0.4) is 0 Å². The molecule has 1 atom stereocenters. The van der Waals surface area contributed by atoms with E-state index < -0.39 is 0 Å². The Morgan fingerprint density at radius 2 is 1.46 bits per heavy atom. The molecule has 1 N–H and O–H groups in total. The van der Waals surface area contributed by atoms with Crippen molar-refractivity contribution in [1.29, 1.82) is 0 Å². The molecule has 144 valence electrons. The van der Waals surface area contributed by atoms with Crippen molar-refractivity contribution < 1.29 is 14.3 Å². The van der Waals surface area contributed by atoms with E-state index in [0.717, 1.165) is 27.1 Å². The maximum absolute atomic E-state index is 12.9. The average Bonchev–Trinajstić information content (AvgIpc) is 2.74. The predicted molar refractivity (Wildman–Crippen MR) is 114 cm³/mol. The van der Waals surface area contributed by atoms with Crippen LogP contribution in [0, 0.1) is 0 Å². The molecule has 5 heteroatoms. The standard InChI is InChI=1S/C23H22BrNO3/c1-27-18-11-7-16(8-12-18)15-22(17-9-13-19(28-2)14-10-17)25-23(26)20-5-3-4-6-21(20)24/h3-14,22H,15H2,1-2H3,(H,25,26)/t22-/m1/s1.